The number of nitrogens with zero attached hydrogens (tertiary/aromatic N) is 4. The number of carbonyl (C=O) groups excluding carboxylic acids is 1. The van der Waals surface area contributed by atoms with Crippen molar-refractivity contribution >= 4 is 5.91 Å². The molecule has 1 aromatic heterocycles. The Kier molecular flexibility index (Phi) is 5.07. The molecule has 3 heterocycles. The molecule has 2 saturated heterocycles. The fourth-order valence-corrected chi connectivity index (χ4v) is 4.03. The number of methoxy groups -OCH3 is 1. The zero-order chi connectivity index (χ0) is 18.8. The third kappa shape index (κ3) is 3.67. The topological polar surface area (TPSA) is 58.6 Å². The molecular formula is C21H26N4O2. The van der Waals surface area contributed by atoms with Gasteiger partial charge in [0.25, 0.3) is 5.91 Å². The van der Waals surface area contributed by atoms with Crippen LogP contribution in [0.25, 0.3) is 11.4 Å². The van der Waals surface area contributed by atoms with Gasteiger partial charge < -0.3 is 9.64 Å². The van der Waals surface area contributed by atoms with Gasteiger partial charge in [0.05, 0.1) is 7.11 Å². The van der Waals surface area contributed by atoms with E-state index in [0.717, 1.165) is 18.7 Å². The summed E-state index contributed by atoms with van der Waals surface area (Å²) >= 11 is 0. The van der Waals surface area contributed by atoms with E-state index in [4.69, 9.17) is 4.74 Å². The minimum atomic E-state index is 0.106. The van der Waals surface area contributed by atoms with Crippen LogP contribution in [-0.4, -0.2) is 64.5 Å². The van der Waals surface area contributed by atoms with Crippen LogP contribution < -0.4 is 4.74 Å². The van der Waals surface area contributed by atoms with Crippen molar-refractivity contribution in [2.24, 2.45) is 0 Å². The lowest BCUT2D eigenvalue weighted by atomic mass is 9.97. The van der Waals surface area contributed by atoms with Crippen LogP contribution in [0, 0.1) is 0 Å². The van der Waals surface area contributed by atoms with Crippen molar-refractivity contribution in [3.8, 4) is 17.3 Å². The summed E-state index contributed by atoms with van der Waals surface area (Å²) in [5.74, 6) is 1.23. The fourth-order valence-electron chi connectivity index (χ4n) is 4.03. The average molecular weight is 366 g/mol. The Bertz CT molecular complexity index is 802. The van der Waals surface area contributed by atoms with Gasteiger partial charge in [-0.1, -0.05) is 18.6 Å². The van der Waals surface area contributed by atoms with Crippen LogP contribution in [-0.2, 0) is 0 Å². The highest BCUT2D eigenvalue weighted by Gasteiger charge is 2.37. The minimum Gasteiger partial charge on any atom is -0.481 e. The van der Waals surface area contributed by atoms with E-state index in [-0.39, 0.29) is 5.91 Å². The number of hydrogen-bond donors (Lipinski definition) is 0. The second-order valence-corrected chi connectivity index (χ2v) is 7.45. The van der Waals surface area contributed by atoms with Gasteiger partial charge in [0.15, 0.2) is 5.82 Å². The Labute approximate surface area is 160 Å². The van der Waals surface area contributed by atoms with E-state index >= 15 is 0 Å². The molecule has 0 aliphatic carbocycles. The second-order valence-electron chi connectivity index (χ2n) is 7.45. The molecule has 1 amide bonds. The zero-order valence-corrected chi connectivity index (χ0v) is 16.0. The van der Waals surface area contributed by atoms with Crippen molar-refractivity contribution in [3.63, 3.8) is 0 Å². The summed E-state index contributed by atoms with van der Waals surface area (Å²) in [6.45, 7) is 5.15. The van der Waals surface area contributed by atoms with Gasteiger partial charge >= 0.3 is 0 Å². The smallest absolute Gasteiger partial charge is 0.253 e. The van der Waals surface area contributed by atoms with Crippen LogP contribution in [0.2, 0.25) is 0 Å². The summed E-state index contributed by atoms with van der Waals surface area (Å²) in [6.07, 6.45) is 5.55. The molecule has 6 nitrogen and oxygen atoms in total. The van der Waals surface area contributed by atoms with Crippen LogP contribution in [0.15, 0.2) is 36.5 Å². The molecule has 0 unspecified atom stereocenters. The van der Waals surface area contributed by atoms with Crippen molar-refractivity contribution in [1.29, 1.82) is 0 Å². The number of amides is 1. The first-order chi connectivity index (χ1) is 13.2. The second kappa shape index (κ2) is 7.64. The van der Waals surface area contributed by atoms with Crippen molar-refractivity contribution in [3.05, 3.63) is 42.1 Å². The van der Waals surface area contributed by atoms with Crippen LogP contribution in [0.3, 0.4) is 0 Å². The molecule has 0 spiro atoms. The highest BCUT2D eigenvalue weighted by atomic mass is 16.5. The van der Waals surface area contributed by atoms with Gasteiger partial charge in [0.2, 0.25) is 5.88 Å². The summed E-state index contributed by atoms with van der Waals surface area (Å²) in [4.78, 5) is 25.9. The lowest BCUT2D eigenvalue weighted by Crippen LogP contribution is -2.63. The van der Waals surface area contributed by atoms with E-state index in [1.54, 1.807) is 19.4 Å². The Morgan fingerprint density at radius 1 is 1.15 bits per heavy atom. The van der Waals surface area contributed by atoms with E-state index in [2.05, 4.69) is 21.8 Å². The predicted octanol–water partition coefficient (Wildman–Crippen LogP) is 2.85. The number of likely N-dealkylation sites (tertiary alicyclic amines) is 2. The normalized spacial score (nSPS) is 21.0. The molecule has 2 aliphatic heterocycles. The molecule has 2 aromatic rings. The van der Waals surface area contributed by atoms with Gasteiger partial charge in [-0.25, -0.2) is 4.98 Å². The quantitative estimate of drug-likeness (QED) is 0.833. The maximum Gasteiger partial charge on any atom is 0.253 e. The van der Waals surface area contributed by atoms with Gasteiger partial charge in [0.1, 0.15) is 0 Å². The van der Waals surface area contributed by atoms with Crippen LogP contribution in [0.4, 0.5) is 0 Å². The van der Waals surface area contributed by atoms with E-state index < -0.39 is 0 Å². The summed E-state index contributed by atoms with van der Waals surface area (Å²) in [7, 11) is 1.58. The molecule has 1 atom stereocenters. The maximum atomic E-state index is 12.7. The Hall–Kier alpha value is -2.47. The molecule has 0 N–H and O–H groups in total. The van der Waals surface area contributed by atoms with E-state index in [1.807, 2.05) is 29.2 Å². The molecule has 27 heavy (non-hydrogen) atoms. The third-order valence-corrected chi connectivity index (χ3v) is 5.70. The molecule has 0 saturated carbocycles. The molecule has 4 rings (SSSR count). The molecule has 1 aromatic carbocycles. The summed E-state index contributed by atoms with van der Waals surface area (Å²) < 4.78 is 5.14. The van der Waals surface area contributed by atoms with Gasteiger partial charge in [0, 0.05) is 48.6 Å². The predicted molar refractivity (Wildman–Crippen MR) is 104 cm³/mol. The molecule has 0 radical (unpaired) electrons. The molecular weight excluding hydrogens is 340 g/mol. The monoisotopic (exact) mass is 366 g/mol. The van der Waals surface area contributed by atoms with Gasteiger partial charge in [-0.3, -0.25) is 9.69 Å². The van der Waals surface area contributed by atoms with E-state index in [0.29, 0.717) is 29.4 Å². The molecule has 6 heteroatoms. The fraction of sp³-hybridized carbons (Fsp3) is 0.476. The highest BCUT2D eigenvalue weighted by Crippen LogP contribution is 2.26. The SMILES string of the molecule is COc1ccnc(-c2ccc(C(=O)N3CC(N4CCCC[C@@H]4C)C3)cc2)n1. The Balaban J connectivity index is 1.39. The number of hydrogen-bond acceptors (Lipinski definition) is 5. The highest BCUT2D eigenvalue weighted by molar-refractivity contribution is 5.95. The maximum absolute atomic E-state index is 12.7. The van der Waals surface area contributed by atoms with Crippen molar-refractivity contribution in [2.45, 2.75) is 38.3 Å². The Morgan fingerprint density at radius 3 is 2.63 bits per heavy atom. The number of ether oxygens (including phenoxy) is 1. The molecule has 0 bridgehead atoms. The number of piperidine rings is 1. The van der Waals surface area contributed by atoms with Crippen molar-refractivity contribution in [2.75, 3.05) is 26.7 Å². The van der Waals surface area contributed by atoms with Gasteiger partial charge in [-0.05, 0) is 38.4 Å². The zero-order valence-electron chi connectivity index (χ0n) is 16.0. The van der Waals surface area contributed by atoms with E-state index in [9.17, 15) is 4.79 Å². The summed E-state index contributed by atoms with van der Waals surface area (Å²) in [6, 6.07) is 10.4. The lowest BCUT2D eigenvalue weighted by molar-refractivity contribution is 0.00213. The van der Waals surface area contributed by atoms with Gasteiger partial charge in [-0.2, -0.15) is 4.98 Å². The number of carbonyl (C=O) groups is 1. The lowest BCUT2D eigenvalue weighted by Gasteiger charge is -2.49. The summed E-state index contributed by atoms with van der Waals surface area (Å²) in [5, 5.41) is 0. The minimum absolute atomic E-state index is 0.106. The van der Waals surface area contributed by atoms with Crippen LogP contribution >= 0.6 is 0 Å². The van der Waals surface area contributed by atoms with Crippen LogP contribution in [0.1, 0.15) is 36.5 Å². The third-order valence-electron chi connectivity index (χ3n) is 5.70. The standard InChI is InChI=1S/C21H26N4O2/c1-15-5-3-4-12-25(15)18-13-24(14-18)21(26)17-8-6-16(7-9-17)20-22-11-10-19(23-20)27-2/h6-11,15,18H,3-5,12-14H2,1-2H3/t15-/m0/s1. The summed E-state index contributed by atoms with van der Waals surface area (Å²) in [5.41, 5.74) is 1.58. The first kappa shape index (κ1) is 17.9. The van der Waals surface area contributed by atoms with E-state index in [1.165, 1.54) is 25.8 Å². The van der Waals surface area contributed by atoms with Crippen molar-refractivity contribution < 1.29 is 9.53 Å². The Morgan fingerprint density at radius 2 is 1.93 bits per heavy atom. The first-order valence-corrected chi connectivity index (χ1v) is 9.68. The first-order valence-electron chi connectivity index (χ1n) is 9.68. The molecule has 2 aliphatic rings. The molecule has 142 valence electrons. The number of aromatic nitrogens is 2. The number of rotatable bonds is 4. The van der Waals surface area contributed by atoms with Crippen LogP contribution in [0.5, 0.6) is 5.88 Å². The largest absolute Gasteiger partial charge is 0.481 e. The van der Waals surface area contributed by atoms with Crippen molar-refractivity contribution in [1.82, 2.24) is 19.8 Å². The average Bonchev–Trinajstić information content (AvgIpc) is 2.68. The van der Waals surface area contributed by atoms with Gasteiger partial charge in [-0.15, -0.1) is 0 Å². The molecule has 2 fully saturated rings. The number of benzene rings is 1.